The van der Waals surface area contributed by atoms with Gasteiger partial charge in [0.15, 0.2) is 0 Å². The van der Waals surface area contributed by atoms with E-state index in [0.717, 1.165) is 18.8 Å². The Hall–Kier alpha value is -1.09. The van der Waals surface area contributed by atoms with Gasteiger partial charge in [0.25, 0.3) is 0 Å². The van der Waals surface area contributed by atoms with Crippen molar-refractivity contribution in [3.05, 3.63) is 23.9 Å². The predicted octanol–water partition coefficient (Wildman–Crippen LogP) is 1.78. The van der Waals surface area contributed by atoms with Crippen LogP contribution in [-0.4, -0.2) is 29.3 Å². The molecule has 1 N–H and O–H groups in total. The molecule has 0 radical (unpaired) electrons. The van der Waals surface area contributed by atoms with Crippen molar-refractivity contribution in [2.75, 3.05) is 18.0 Å². The summed E-state index contributed by atoms with van der Waals surface area (Å²) in [6, 6.07) is 4.18. The first-order chi connectivity index (χ1) is 7.16. The standard InChI is InChI=1S/C12H18N2O/c1-9(2)10-3-5-13-12(7-10)14-6-4-11(15)8-14/h3,5,7,9,11,15H,4,6,8H2,1-2H3. The summed E-state index contributed by atoms with van der Waals surface area (Å²) in [5, 5.41) is 9.47. The molecule has 0 saturated carbocycles. The fraction of sp³-hybridized carbons (Fsp3) is 0.583. The van der Waals surface area contributed by atoms with Crippen molar-refractivity contribution in [1.29, 1.82) is 0 Å². The molecule has 1 atom stereocenters. The number of hydrogen-bond donors (Lipinski definition) is 1. The van der Waals surface area contributed by atoms with Gasteiger partial charge in [0, 0.05) is 19.3 Å². The van der Waals surface area contributed by atoms with Crippen LogP contribution in [-0.2, 0) is 0 Å². The fourth-order valence-electron chi connectivity index (χ4n) is 1.92. The van der Waals surface area contributed by atoms with Gasteiger partial charge < -0.3 is 10.0 Å². The van der Waals surface area contributed by atoms with Gasteiger partial charge in [-0.1, -0.05) is 13.8 Å². The normalized spacial score (nSPS) is 21.3. The second-order valence-corrected chi connectivity index (χ2v) is 4.49. The molecule has 0 aromatic carbocycles. The zero-order valence-electron chi connectivity index (χ0n) is 9.35. The number of anilines is 1. The summed E-state index contributed by atoms with van der Waals surface area (Å²) in [7, 11) is 0. The van der Waals surface area contributed by atoms with E-state index in [0.29, 0.717) is 12.5 Å². The molecule has 0 amide bonds. The van der Waals surface area contributed by atoms with Crippen molar-refractivity contribution < 1.29 is 5.11 Å². The molecule has 1 unspecified atom stereocenters. The van der Waals surface area contributed by atoms with Gasteiger partial charge >= 0.3 is 0 Å². The molecule has 3 heteroatoms. The van der Waals surface area contributed by atoms with Crippen LogP contribution >= 0.6 is 0 Å². The molecule has 3 nitrogen and oxygen atoms in total. The van der Waals surface area contributed by atoms with E-state index in [-0.39, 0.29) is 6.10 Å². The molecular formula is C12H18N2O. The van der Waals surface area contributed by atoms with Crippen LogP contribution in [0.5, 0.6) is 0 Å². The molecule has 1 aromatic rings. The molecule has 0 bridgehead atoms. The number of aromatic nitrogens is 1. The van der Waals surface area contributed by atoms with Gasteiger partial charge in [-0.3, -0.25) is 0 Å². The van der Waals surface area contributed by atoms with Gasteiger partial charge in [0.05, 0.1) is 6.10 Å². The monoisotopic (exact) mass is 206 g/mol. The number of nitrogens with zero attached hydrogens (tertiary/aromatic N) is 2. The molecule has 0 aliphatic carbocycles. The smallest absolute Gasteiger partial charge is 0.128 e. The van der Waals surface area contributed by atoms with E-state index in [4.69, 9.17) is 0 Å². The van der Waals surface area contributed by atoms with Gasteiger partial charge in [0.2, 0.25) is 0 Å². The second kappa shape index (κ2) is 4.19. The van der Waals surface area contributed by atoms with E-state index in [1.165, 1.54) is 5.56 Å². The number of aliphatic hydroxyl groups is 1. The number of pyridine rings is 1. The average molecular weight is 206 g/mol. The van der Waals surface area contributed by atoms with Crippen molar-refractivity contribution in [2.45, 2.75) is 32.3 Å². The Labute approximate surface area is 90.8 Å². The maximum absolute atomic E-state index is 9.47. The van der Waals surface area contributed by atoms with Gasteiger partial charge in [0.1, 0.15) is 5.82 Å². The number of hydrogen-bond acceptors (Lipinski definition) is 3. The Morgan fingerprint density at radius 3 is 2.93 bits per heavy atom. The van der Waals surface area contributed by atoms with Crippen LogP contribution in [0.15, 0.2) is 18.3 Å². The number of rotatable bonds is 2. The topological polar surface area (TPSA) is 36.4 Å². The lowest BCUT2D eigenvalue weighted by Gasteiger charge is -2.17. The Bertz CT molecular complexity index is 338. The molecule has 1 saturated heterocycles. The third-order valence-electron chi connectivity index (χ3n) is 2.92. The lowest BCUT2D eigenvalue weighted by molar-refractivity contribution is 0.198. The average Bonchev–Trinajstić information content (AvgIpc) is 2.65. The summed E-state index contributed by atoms with van der Waals surface area (Å²) in [5.41, 5.74) is 1.31. The van der Waals surface area contributed by atoms with Crippen LogP contribution in [0.25, 0.3) is 0 Å². The van der Waals surface area contributed by atoms with Crippen LogP contribution in [0.1, 0.15) is 31.7 Å². The van der Waals surface area contributed by atoms with E-state index >= 15 is 0 Å². The molecule has 2 heterocycles. The molecule has 82 valence electrons. The minimum Gasteiger partial charge on any atom is -0.391 e. The second-order valence-electron chi connectivity index (χ2n) is 4.49. The van der Waals surface area contributed by atoms with E-state index < -0.39 is 0 Å². The van der Waals surface area contributed by atoms with Crippen LogP contribution in [0.4, 0.5) is 5.82 Å². The minimum atomic E-state index is -0.186. The molecule has 0 spiro atoms. The molecule has 1 aromatic heterocycles. The lowest BCUT2D eigenvalue weighted by atomic mass is 10.1. The van der Waals surface area contributed by atoms with Crippen LogP contribution in [0.3, 0.4) is 0 Å². The predicted molar refractivity (Wildman–Crippen MR) is 61.2 cm³/mol. The van der Waals surface area contributed by atoms with Crippen LogP contribution in [0, 0.1) is 0 Å². The largest absolute Gasteiger partial charge is 0.391 e. The highest BCUT2D eigenvalue weighted by molar-refractivity contribution is 5.43. The van der Waals surface area contributed by atoms with Gasteiger partial charge in [-0.05, 0) is 30.0 Å². The first-order valence-electron chi connectivity index (χ1n) is 5.56. The fourth-order valence-corrected chi connectivity index (χ4v) is 1.92. The highest BCUT2D eigenvalue weighted by Crippen LogP contribution is 2.22. The zero-order valence-corrected chi connectivity index (χ0v) is 9.35. The molecule has 1 fully saturated rings. The van der Waals surface area contributed by atoms with Crippen LogP contribution in [0.2, 0.25) is 0 Å². The third kappa shape index (κ3) is 2.29. The highest BCUT2D eigenvalue weighted by atomic mass is 16.3. The van der Waals surface area contributed by atoms with Crippen molar-refractivity contribution in [2.24, 2.45) is 0 Å². The maximum atomic E-state index is 9.47. The maximum Gasteiger partial charge on any atom is 0.128 e. The Morgan fingerprint density at radius 2 is 2.33 bits per heavy atom. The van der Waals surface area contributed by atoms with Crippen molar-refractivity contribution in [3.63, 3.8) is 0 Å². The van der Waals surface area contributed by atoms with E-state index in [2.05, 4.69) is 35.9 Å². The van der Waals surface area contributed by atoms with Gasteiger partial charge in [-0.15, -0.1) is 0 Å². The summed E-state index contributed by atoms with van der Waals surface area (Å²) < 4.78 is 0. The summed E-state index contributed by atoms with van der Waals surface area (Å²) in [6.07, 6.45) is 2.53. The third-order valence-corrected chi connectivity index (χ3v) is 2.92. The summed E-state index contributed by atoms with van der Waals surface area (Å²) >= 11 is 0. The Morgan fingerprint density at radius 1 is 1.53 bits per heavy atom. The molecular weight excluding hydrogens is 188 g/mol. The Balaban J connectivity index is 2.18. The zero-order chi connectivity index (χ0) is 10.8. The molecule has 1 aliphatic heterocycles. The van der Waals surface area contributed by atoms with Crippen LogP contribution < -0.4 is 4.90 Å². The van der Waals surface area contributed by atoms with E-state index in [1.54, 1.807) is 0 Å². The SMILES string of the molecule is CC(C)c1ccnc(N2CCC(O)C2)c1. The summed E-state index contributed by atoms with van der Waals surface area (Å²) in [5.74, 6) is 1.53. The molecule has 2 rings (SSSR count). The summed E-state index contributed by atoms with van der Waals surface area (Å²) in [6.45, 7) is 5.99. The minimum absolute atomic E-state index is 0.186. The van der Waals surface area contributed by atoms with Crippen molar-refractivity contribution in [1.82, 2.24) is 4.98 Å². The van der Waals surface area contributed by atoms with E-state index in [1.807, 2.05) is 6.20 Å². The van der Waals surface area contributed by atoms with Crippen molar-refractivity contribution >= 4 is 5.82 Å². The quantitative estimate of drug-likeness (QED) is 0.801. The highest BCUT2D eigenvalue weighted by Gasteiger charge is 2.21. The Kier molecular flexibility index (Phi) is 2.91. The number of β-amino-alcohol motifs (C(OH)–C–C–N with tert-alkyl or cyclic N) is 1. The number of aliphatic hydroxyl groups excluding tert-OH is 1. The van der Waals surface area contributed by atoms with E-state index in [9.17, 15) is 5.11 Å². The lowest BCUT2D eigenvalue weighted by Crippen LogP contribution is -2.22. The first-order valence-corrected chi connectivity index (χ1v) is 5.56. The van der Waals surface area contributed by atoms with Gasteiger partial charge in [-0.25, -0.2) is 4.98 Å². The van der Waals surface area contributed by atoms with Gasteiger partial charge in [-0.2, -0.15) is 0 Å². The van der Waals surface area contributed by atoms with Crippen molar-refractivity contribution in [3.8, 4) is 0 Å². The summed E-state index contributed by atoms with van der Waals surface area (Å²) in [4.78, 5) is 6.50. The molecule has 15 heavy (non-hydrogen) atoms. The first kappa shape index (κ1) is 10.4. The molecule has 1 aliphatic rings.